The Bertz CT molecular complexity index is 169. The zero-order valence-corrected chi connectivity index (χ0v) is 9.45. The Kier molecular flexibility index (Phi) is 7.20. The van der Waals surface area contributed by atoms with E-state index >= 15 is 0 Å². The van der Waals surface area contributed by atoms with E-state index in [2.05, 4.69) is 24.3 Å². The summed E-state index contributed by atoms with van der Waals surface area (Å²) in [6.45, 7) is 8.15. The molecular formula is C10H23N3O. The van der Waals surface area contributed by atoms with Crippen molar-refractivity contribution >= 4 is 5.84 Å². The van der Waals surface area contributed by atoms with E-state index in [1.807, 2.05) is 6.92 Å². The van der Waals surface area contributed by atoms with Crippen LogP contribution in [0.15, 0.2) is 5.16 Å². The molecule has 0 aromatic rings. The van der Waals surface area contributed by atoms with Crippen LogP contribution in [0.1, 0.15) is 33.6 Å². The van der Waals surface area contributed by atoms with Crippen LogP contribution in [0.25, 0.3) is 0 Å². The van der Waals surface area contributed by atoms with Crippen LogP contribution >= 0.6 is 0 Å². The molecule has 0 saturated heterocycles. The Morgan fingerprint density at radius 2 is 2.07 bits per heavy atom. The van der Waals surface area contributed by atoms with Crippen molar-refractivity contribution in [2.24, 2.45) is 22.7 Å². The van der Waals surface area contributed by atoms with Gasteiger partial charge in [0.15, 0.2) is 0 Å². The zero-order valence-electron chi connectivity index (χ0n) is 9.45. The minimum Gasteiger partial charge on any atom is -0.409 e. The maximum absolute atomic E-state index is 8.42. The molecule has 0 aromatic carbocycles. The molecular weight excluding hydrogens is 178 g/mol. The summed E-state index contributed by atoms with van der Waals surface area (Å²) in [5, 5.41) is 14.7. The molecule has 4 N–H and O–H groups in total. The molecule has 0 spiro atoms. The third-order valence-corrected chi connectivity index (χ3v) is 2.21. The Morgan fingerprint density at radius 3 is 2.57 bits per heavy atom. The summed E-state index contributed by atoms with van der Waals surface area (Å²) in [7, 11) is 0. The highest BCUT2D eigenvalue weighted by Crippen LogP contribution is 2.01. The van der Waals surface area contributed by atoms with Gasteiger partial charge in [-0.1, -0.05) is 25.9 Å². The molecule has 0 aromatic heterocycles. The fourth-order valence-electron chi connectivity index (χ4n) is 1.16. The predicted octanol–water partition coefficient (Wildman–Crippen LogP) is 1.39. The number of nitrogens with one attached hydrogen (secondary N) is 1. The van der Waals surface area contributed by atoms with Gasteiger partial charge in [-0.05, 0) is 25.3 Å². The Hall–Kier alpha value is -0.770. The molecule has 1 atom stereocenters. The van der Waals surface area contributed by atoms with Gasteiger partial charge in [0.2, 0.25) is 0 Å². The number of hydrogen-bond donors (Lipinski definition) is 3. The van der Waals surface area contributed by atoms with Gasteiger partial charge in [-0.25, -0.2) is 0 Å². The predicted molar refractivity (Wildman–Crippen MR) is 59.5 cm³/mol. The number of hydrogen-bond acceptors (Lipinski definition) is 3. The fourth-order valence-corrected chi connectivity index (χ4v) is 1.16. The first-order valence-corrected chi connectivity index (χ1v) is 5.26. The fraction of sp³-hybridized carbons (Fsp3) is 0.900. The summed E-state index contributed by atoms with van der Waals surface area (Å²) in [4.78, 5) is 0. The second-order valence-electron chi connectivity index (χ2n) is 4.17. The average molecular weight is 201 g/mol. The first-order valence-electron chi connectivity index (χ1n) is 5.26. The van der Waals surface area contributed by atoms with Crippen molar-refractivity contribution in [2.75, 3.05) is 13.1 Å². The van der Waals surface area contributed by atoms with Gasteiger partial charge in [-0.3, -0.25) is 0 Å². The molecule has 0 bridgehead atoms. The van der Waals surface area contributed by atoms with Gasteiger partial charge in [0.1, 0.15) is 5.84 Å². The first-order chi connectivity index (χ1) is 6.57. The normalized spacial score (nSPS) is 14.7. The number of amidine groups is 1. The standard InChI is InChI=1S/C10H23N3O/c1-8(2)5-4-6-12-7-9(3)10(11)13-14/h8-9,12,14H,4-7H2,1-3H3,(H2,11,13). The largest absolute Gasteiger partial charge is 0.409 e. The van der Waals surface area contributed by atoms with E-state index in [9.17, 15) is 0 Å². The van der Waals surface area contributed by atoms with Crippen LogP contribution in [0.4, 0.5) is 0 Å². The Balaban J connectivity index is 3.36. The van der Waals surface area contributed by atoms with E-state index in [4.69, 9.17) is 10.9 Å². The molecule has 4 heteroatoms. The van der Waals surface area contributed by atoms with Crippen molar-refractivity contribution < 1.29 is 5.21 Å². The Morgan fingerprint density at radius 1 is 1.43 bits per heavy atom. The van der Waals surface area contributed by atoms with Crippen LogP contribution < -0.4 is 11.1 Å². The maximum atomic E-state index is 8.42. The van der Waals surface area contributed by atoms with Crippen LogP contribution in [0.3, 0.4) is 0 Å². The van der Waals surface area contributed by atoms with Crippen molar-refractivity contribution in [3.05, 3.63) is 0 Å². The lowest BCUT2D eigenvalue weighted by molar-refractivity contribution is 0.314. The van der Waals surface area contributed by atoms with Gasteiger partial charge in [0.25, 0.3) is 0 Å². The van der Waals surface area contributed by atoms with Crippen molar-refractivity contribution in [3.8, 4) is 0 Å². The van der Waals surface area contributed by atoms with E-state index in [0.29, 0.717) is 5.84 Å². The molecule has 0 fully saturated rings. The summed E-state index contributed by atoms with van der Waals surface area (Å²) < 4.78 is 0. The highest BCUT2D eigenvalue weighted by Gasteiger charge is 2.05. The first kappa shape index (κ1) is 13.2. The lowest BCUT2D eigenvalue weighted by Crippen LogP contribution is -2.31. The minimum absolute atomic E-state index is 0.0963. The lowest BCUT2D eigenvalue weighted by Gasteiger charge is -2.11. The second-order valence-corrected chi connectivity index (χ2v) is 4.17. The van der Waals surface area contributed by atoms with Gasteiger partial charge in [-0.15, -0.1) is 0 Å². The van der Waals surface area contributed by atoms with Crippen LogP contribution in [0.5, 0.6) is 0 Å². The van der Waals surface area contributed by atoms with Gasteiger partial charge in [-0.2, -0.15) is 0 Å². The molecule has 0 aliphatic carbocycles. The van der Waals surface area contributed by atoms with Gasteiger partial charge < -0.3 is 16.3 Å². The van der Waals surface area contributed by atoms with Gasteiger partial charge in [0.05, 0.1) is 0 Å². The highest BCUT2D eigenvalue weighted by atomic mass is 16.4. The summed E-state index contributed by atoms with van der Waals surface area (Å²) >= 11 is 0. The van der Waals surface area contributed by atoms with E-state index in [0.717, 1.165) is 19.0 Å². The quantitative estimate of drug-likeness (QED) is 0.192. The van der Waals surface area contributed by atoms with Crippen LogP contribution in [-0.2, 0) is 0 Å². The zero-order chi connectivity index (χ0) is 11.0. The topological polar surface area (TPSA) is 70.6 Å². The SMILES string of the molecule is CC(C)CCCNCC(C)C(N)=NO. The van der Waals surface area contributed by atoms with Gasteiger partial charge >= 0.3 is 0 Å². The number of oxime groups is 1. The molecule has 0 rings (SSSR count). The molecule has 1 unspecified atom stereocenters. The van der Waals surface area contributed by atoms with E-state index in [1.165, 1.54) is 12.8 Å². The third-order valence-electron chi connectivity index (χ3n) is 2.21. The van der Waals surface area contributed by atoms with Crippen LogP contribution in [-0.4, -0.2) is 24.1 Å². The molecule has 0 aliphatic rings. The summed E-state index contributed by atoms with van der Waals surface area (Å²) in [6, 6.07) is 0. The minimum atomic E-state index is 0.0963. The molecule has 84 valence electrons. The van der Waals surface area contributed by atoms with Crippen LogP contribution in [0, 0.1) is 11.8 Å². The van der Waals surface area contributed by atoms with E-state index < -0.39 is 0 Å². The molecule has 4 nitrogen and oxygen atoms in total. The van der Waals surface area contributed by atoms with Crippen molar-refractivity contribution in [1.82, 2.24) is 5.32 Å². The number of nitrogens with two attached hydrogens (primary N) is 1. The van der Waals surface area contributed by atoms with Crippen LogP contribution in [0.2, 0.25) is 0 Å². The molecule has 0 radical (unpaired) electrons. The molecule has 0 amide bonds. The highest BCUT2D eigenvalue weighted by molar-refractivity contribution is 5.82. The van der Waals surface area contributed by atoms with Gasteiger partial charge in [0, 0.05) is 12.5 Å². The second kappa shape index (κ2) is 7.62. The third kappa shape index (κ3) is 6.71. The molecule has 14 heavy (non-hydrogen) atoms. The van der Waals surface area contributed by atoms with Crippen molar-refractivity contribution in [2.45, 2.75) is 33.6 Å². The lowest BCUT2D eigenvalue weighted by atomic mass is 10.1. The van der Waals surface area contributed by atoms with E-state index in [-0.39, 0.29) is 5.92 Å². The summed E-state index contributed by atoms with van der Waals surface area (Å²) in [5.41, 5.74) is 5.44. The summed E-state index contributed by atoms with van der Waals surface area (Å²) in [5.74, 6) is 1.15. The van der Waals surface area contributed by atoms with Crippen molar-refractivity contribution in [3.63, 3.8) is 0 Å². The number of rotatable bonds is 7. The monoisotopic (exact) mass is 201 g/mol. The molecule has 0 aliphatic heterocycles. The summed E-state index contributed by atoms with van der Waals surface area (Å²) in [6.07, 6.45) is 2.42. The average Bonchev–Trinajstić information content (AvgIpc) is 2.15. The maximum Gasteiger partial charge on any atom is 0.143 e. The number of nitrogens with zero attached hydrogens (tertiary/aromatic N) is 1. The van der Waals surface area contributed by atoms with E-state index in [1.54, 1.807) is 0 Å². The molecule has 0 saturated carbocycles. The Labute approximate surface area is 86.6 Å². The van der Waals surface area contributed by atoms with Crippen molar-refractivity contribution in [1.29, 1.82) is 0 Å². The molecule has 0 heterocycles. The smallest absolute Gasteiger partial charge is 0.143 e.